The third kappa shape index (κ3) is 10.6. The number of likely N-dealkylation sites (N-methyl/N-ethyl adjacent to an activating group) is 1. The lowest BCUT2D eigenvalue weighted by atomic mass is 10.1. The lowest BCUT2D eigenvalue weighted by Gasteiger charge is -2.23. The fourth-order valence-corrected chi connectivity index (χ4v) is 4.74. The average molecular weight is 719 g/mol. The first-order valence-corrected chi connectivity index (χ1v) is 15.7. The molecule has 0 saturated carbocycles. The van der Waals surface area contributed by atoms with Crippen LogP contribution in [-0.4, -0.2) is 60.1 Å². The van der Waals surface area contributed by atoms with E-state index < -0.39 is 52.6 Å². The molecule has 266 valence electrons. The summed E-state index contributed by atoms with van der Waals surface area (Å²) < 4.78 is 58.7. The molecule has 0 aliphatic carbocycles. The van der Waals surface area contributed by atoms with Crippen LogP contribution in [0.5, 0.6) is 17.2 Å². The van der Waals surface area contributed by atoms with Crippen molar-refractivity contribution in [3.8, 4) is 17.2 Å². The van der Waals surface area contributed by atoms with E-state index >= 15 is 0 Å². The van der Waals surface area contributed by atoms with E-state index in [4.69, 9.17) is 25.8 Å². The van der Waals surface area contributed by atoms with Crippen LogP contribution in [0, 0.1) is 10.1 Å². The Hall–Kier alpha value is -5.37. The predicted molar refractivity (Wildman–Crippen MR) is 179 cm³/mol. The van der Waals surface area contributed by atoms with Crippen LogP contribution in [-0.2, 0) is 25.2 Å². The molecule has 4 aromatic carbocycles. The molecule has 0 aromatic heterocycles. The Bertz CT molecular complexity index is 1830. The van der Waals surface area contributed by atoms with Crippen LogP contribution in [0.4, 0.5) is 18.9 Å². The highest BCUT2D eigenvalue weighted by atomic mass is 35.5. The molecule has 1 atom stereocenters. The van der Waals surface area contributed by atoms with Gasteiger partial charge in [-0.05, 0) is 63.4 Å². The number of amides is 1. The van der Waals surface area contributed by atoms with Gasteiger partial charge in [-0.1, -0.05) is 48.0 Å². The van der Waals surface area contributed by atoms with Crippen LogP contribution >= 0.6 is 11.6 Å². The van der Waals surface area contributed by atoms with Gasteiger partial charge in [0, 0.05) is 30.6 Å². The van der Waals surface area contributed by atoms with Gasteiger partial charge in [-0.15, -0.1) is 0 Å². The summed E-state index contributed by atoms with van der Waals surface area (Å²) in [4.78, 5) is 47.8. The zero-order valence-corrected chi connectivity index (χ0v) is 28.2. The molecule has 1 unspecified atom stereocenters. The minimum absolute atomic E-state index is 0.0305. The van der Waals surface area contributed by atoms with E-state index in [1.54, 1.807) is 4.90 Å². The normalized spacial score (nSPS) is 11.4. The Morgan fingerprint density at radius 2 is 1.58 bits per heavy atom. The van der Waals surface area contributed by atoms with Crippen molar-refractivity contribution in [1.29, 1.82) is 0 Å². The summed E-state index contributed by atoms with van der Waals surface area (Å²) in [5.41, 5.74) is -2.16. The molecule has 0 N–H and O–H groups in total. The number of carbonyl (C=O) groups excluding carboxylic acids is 3. The van der Waals surface area contributed by atoms with E-state index in [2.05, 4.69) is 4.74 Å². The van der Waals surface area contributed by atoms with Crippen LogP contribution in [0.15, 0.2) is 78.9 Å². The Labute approximate surface area is 290 Å². The van der Waals surface area contributed by atoms with Gasteiger partial charge in [-0.3, -0.25) is 14.9 Å². The van der Waals surface area contributed by atoms with Crippen molar-refractivity contribution in [3.63, 3.8) is 0 Å². The second-order valence-corrected chi connectivity index (χ2v) is 10.7. The van der Waals surface area contributed by atoms with Crippen molar-refractivity contribution in [2.24, 2.45) is 0 Å². The van der Waals surface area contributed by atoms with Crippen LogP contribution in [0.3, 0.4) is 0 Å². The molecule has 50 heavy (non-hydrogen) atoms. The molecule has 0 aliphatic rings. The molecule has 0 aliphatic heterocycles. The molecule has 0 saturated heterocycles. The van der Waals surface area contributed by atoms with Crippen LogP contribution in [0.1, 0.15) is 43.6 Å². The molecule has 1 amide bonds. The lowest BCUT2D eigenvalue weighted by molar-refractivity contribution is -0.385. The van der Waals surface area contributed by atoms with Crippen molar-refractivity contribution in [2.75, 3.05) is 26.3 Å². The Morgan fingerprint density at radius 1 is 0.900 bits per heavy atom. The number of alkyl halides is 3. The minimum atomic E-state index is -4.61. The highest BCUT2D eigenvalue weighted by Crippen LogP contribution is 2.37. The summed E-state index contributed by atoms with van der Waals surface area (Å²) in [6, 6.07) is 19.3. The predicted octanol–water partition coefficient (Wildman–Crippen LogP) is 8.25. The largest absolute Gasteiger partial charge is 0.480 e. The highest BCUT2D eigenvalue weighted by molar-refractivity contribution is 6.32. The van der Waals surface area contributed by atoms with Crippen LogP contribution in [0.2, 0.25) is 5.02 Å². The maximum atomic E-state index is 12.7. The summed E-state index contributed by atoms with van der Waals surface area (Å²) >= 11 is 5.81. The van der Waals surface area contributed by atoms with Crippen LogP contribution < -0.4 is 9.47 Å². The average Bonchev–Trinajstić information content (AvgIpc) is 3.08. The summed E-state index contributed by atoms with van der Waals surface area (Å²) in [5, 5.41) is 12.9. The third-order valence-electron chi connectivity index (χ3n) is 6.97. The summed E-state index contributed by atoms with van der Waals surface area (Å²) in [6.45, 7) is 8.00. The summed E-state index contributed by atoms with van der Waals surface area (Å²) in [7, 11) is 0. The summed E-state index contributed by atoms with van der Waals surface area (Å²) in [6.07, 6.45) is -5.08. The van der Waals surface area contributed by atoms with Crippen molar-refractivity contribution in [3.05, 3.63) is 105 Å². The molecular formula is C35H34ClF3N2O9. The number of rotatable bonds is 12. The molecule has 0 spiro atoms. The van der Waals surface area contributed by atoms with E-state index in [9.17, 15) is 37.7 Å². The number of carbonyl (C=O) groups is 3. The second kappa shape index (κ2) is 17.9. The van der Waals surface area contributed by atoms with Gasteiger partial charge in [0.25, 0.3) is 11.6 Å². The van der Waals surface area contributed by atoms with E-state index in [-0.39, 0.29) is 29.0 Å². The Kier molecular flexibility index (Phi) is 14.0. The smallest absolute Gasteiger partial charge is 0.416 e. The first-order valence-electron chi connectivity index (χ1n) is 15.3. The van der Waals surface area contributed by atoms with Crippen molar-refractivity contribution in [2.45, 2.75) is 40.0 Å². The molecule has 4 aromatic rings. The molecule has 0 radical (unpaired) electrons. The second-order valence-electron chi connectivity index (χ2n) is 10.3. The van der Waals surface area contributed by atoms with Gasteiger partial charge >= 0.3 is 18.1 Å². The lowest BCUT2D eigenvalue weighted by Crippen LogP contribution is -2.40. The molecule has 11 nitrogen and oxygen atoms in total. The monoisotopic (exact) mass is 718 g/mol. The number of benzene rings is 4. The first-order chi connectivity index (χ1) is 23.7. The van der Waals surface area contributed by atoms with E-state index in [0.29, 0.717) is 19.2 Å². The number of fused-ring (bicyclic) bond motifs is 1. The quantitative estimate of drug-likeness (QED) is 0.0806. The van der Waals surface area contributed by atoms with Gasteiger partial charge < -0.3 is 23.8 Å². The standard InChI is InChI=1S/C18H13ClF3NO7.C17H21NO2/c1-2-28-16(24)9-29-17(25)12-8-11(4-5-14(12)23(26)27)30-15-6-3-10(7-13(15)19)18(20,21)22;1-4-18(5-2)17(19)13(3)20-16-12-8-10-14-9-6-7-11-15(14)16/h3-8H,2,9H2,1H3;6-13H,4-5H2,1-3H3. The molecule has 0 fully saturated rings. The number of halogens is 4. The van der Waals surface area contributed by atoms with Crippen LogP contribution in [0.25, 0.3) is 10.8 Å². The fraction of sp³-hybridized carbons (Fsp3) is 0.286. The van der Waals surface area contributed by atoms with Gasteiger partial charge in [0.05, 0.1) is 22.1 Å². The zero-order chi connectivity index (χ0) is 37.0. The maximum Gasteiger partial charge on any atom is 0.416 e. The van der Waals surface area contributed by atoms with Gasteiger partial charge in [0.15, 0.2) is 12.7 Å². The van der Waals surface area contributed by atoms with E-state index in [1.165, 1.54) is 6.92 Å². The topological polar surface area (TPSA) is 135 Å². The number of nitro benzene ring substituents is 1. The number of hydrogen-bond donors (Lipinski definition) is 0. The Morgan fingerprint density at radius 3 is 2.20 bits per heavy atom. The molecular weight excluding hydrogens is 685 g/mol. The van der Waals surface area contributed by atoms with Crippen molar-refractivity contribution in [1.82, 2.24) is 4.90 Å². The SMILES string of the molecule is CCN(CC)C(=O)C(C)Oc1cccc2ccccc12.CCOC(=O)COC(=O)c1cc(Oc2ccc(C(F)(F)F)cc2Cl)ccc1[N+](=O)[O-]. The van der Waals surface area contributed by atoms with Gasteiger partial charge in [-0.25, -0.2) is 9.59 Å². The van der Waals surface area contributed by atoms with E-state index in [1.807, 2.05) is 63.2 Å². The molecule has 4 rings (SSSR count). The highest BCUT2D eigenvalue weighted by Gasteiger charge is 2.31. The minimum Gasteiger partial charge on any atom is -0.480 e. The zero-order valence-electron chi connectivity index (χ0n) is 27.5. The first kappa shape index (κ1) is 39.1. The van der Waals surface area contributed by atoms with Gasteiger partial charge in [0.2, 0.25) is 0 Å². The van der Waals surface area contributed by atoms with Crippen molar-refractivity contribution < 1.29 is 51.4 Å². The maximum absolute atomic E-state index is 12.7. The van der Waals surface area contributed by atoms with Gasteiger partial charge in [0.1, 0.15) is 22.8 Å². The number of esters is 2. The van der Waals surface area contributed by atoms with E-state index in [0.717, 1.165) is 46.9 Å². The molecule has 0 bridgehead atoms. The molecule has 0 heterocycles. The third-order valence-corrected chi connectivity index (χ3v) is 7.27. The molecule has 15 heteroatoms. The number of nitrogens with zero attached hydrogens (tertiary/aromatic N) is 2. The van der Waals surface area contributed by atoms with Gasteiger partial charge in [-0.2, -0.15) is 13.2 Å². The number of ether oxygens (including phenoxy) is 4. The fourth-order valence-electron chi connectivity index (χ4n) is 4.52. The number of hydrogen-bond acceptors (Lipinski definition) is 9. The summed E-state index contributed by atoms with van der Waals surface area (Å²) in [5.74, 6) is -1.56. The van der Waals surface area contributed by atoms with Crippen molar-refractivity contribution >= 4 is 45.9 Å². The number of nitro groups is 1. The Balaban J connectivity index is 0.000000292.